The minimum Gasteiger partial charge on any atom is -0.302 e. The van der Waals surface area contributed by atoms with Crippen LogP contribution in [0.2, 0.25) is 0 Å². The average molecular weight is 210 g/mol. The van der Waals surface area contributed by atoms with Crippen LogP contribution in [0.15, 0.2) is 29.2 Å². The molecule has 0 saturated carbocycles. The van der Waals surface area contributed by atoms with Crippen LogP contribution in [0.5, 0.6) is 0 Å². The predicted octanol–water partition coefficient (Wildman–Crippen LogP) is 0.795. The molecular formula is C6H5NNaO4S. The first-order chi connectivity index (χ1) is 5.61. The third-order valence-corrected chi connectivity index (χ3v) is 1.92. The molecule has 0 aliphatic rings. The van der Waals surface area contributed by atoms with Crippen LogP contribution in [0.3, 0.4) is 0 Å². The number of benzene rings is 1. The summed E-state index contributed by atoms with van der Waals surface area (Å²) in [6, 6.07) is 4.86. The first kappa shape index (κ1) is 12.7. The summed E-state index contributed by atoms with van der Waals surface area (Å²) >= 11 is -2.07. The minimum absolute atomic E-state index is 0. The Bertz CT molecular complexity index is 293. The zero-order valence-corrected chi connectivity index (χ0v) is 9.65. The largest absolute Gasteiger partial charge is 0.302 e. The molecule has 0 heterocycles. The maximum atomic E-state index is 10.4. The van der Waals surface area contributed by atoms with Gasteiger partial charge in [-0.1, -0.05) is 0 Å². The Balaban J connectivity index is 0.00000144. The van der Waals surface area contributed by atoms with Gasteiger partial charge in [0.15, 0.2) is 11.1 Å². The quantitative estimate of drug-likeness (QED) is 0.338. The molecule has 1 unspecified atom stereocenters. The van der Waals surface area contributed by atoms with Crippen LogP contribution in [0.1, 0.15) is 0 Å². The van der Waals surface area contributed by atoms with Crippen molar-refractivity contribution in [2.24, 2.45) is 0 Å². The van der Waals surface area contributed by atoms with E-state index in [1.165, 1.54) is 24.3 Å². The van der Waals surface area contributed by atoms with Gasteiger partial charge in [0.25, 0.3) is 5.69 Å². The number of nitro groups is 1. The molecular weight excluding hydrogens is 205 g/mol. The molecule has 0 aliphatic heterocycles. The Hall–Kier alpha value is -0.270. The summed E-state index contributed by atoms with van der Waals surface area (Å²) in [6.07, 6.45) is 0. The third-order valence-electron chi connectivity index (χ3n) is 1.25. The Morgan fingerprint density at radius 3 is 2.08 bits per heavy atom. The summed E-state index contributed by atoms with van der Waals surface area (Å²) in [4.78, 5) is 9.74. The van der Waals surface area contributed by atoms with E-state index in [0.717, 1.165) is 0 Å². The molecule has 0 saturated heterocycles. The van der Waals surface area contributed by atoms with Gasteiger partial charge in [-0.05, 0) is 12.1 Å². The molecule has 0 spiro atoms. The number of nitrogens with zero attached hydrogens (tertiary/aromatic N) is 1. The van der Waals surface area contributed by atoms with Crippen molar-refractivity contribution in [3.05, 3.63) is 34.4 Å². The molecule has 0 bridgehead atoms. The van der Waals surface area contributed by atoms with Crippen LogP contribution >= 0.6 is 0 Å². The van der Waals surface area contributed by atoms with Gasteiger partial charge < -0.3 is 4.55 Å². The van der Waals surface area contributed by atoms with E-state index in [0.29, 0.717) is 0 Å². The Morgan fingerprint density at radius 2 is 1.77 bits per heavy atom. The fraction of sp³-hybridized carbons (Fsp3) is 0. The van der Waals surface area contributed by atoms with Crippen LogP contribution < -0.4 is 0 Å². The predicted molar refractivity (Wildman–Crippen MR) is 47.9 cm³/mol. The Kier molecular flexibility index (Phi) is 5.34. The molecule has 65 valence electrons. The number of non-ortho nitro benzene ring substituents is 1. The van der Waals surface area contributed by atoms with Crippen LogP contribution in [0, 0.1) is 10.1 Å². The van der Waals surface area contributed by atoms with Crippen molar-refractivity contribution in [2.75, 3.05) is 0 Å². The molecule has 7 heteroatoms. The molecule has 1 aromatic rings. The van der Waals surface area contributed by atoms with E-state index in [1.807, 2.05) is 0 Å². The van der Waals surface area contributed by atoms with E-state index in [4.69, 9.17) is 4.55 Å². The molecule has 0 fully saturated rings. The van der Waals surface area contributed by atoms with E-state index in [-0.39, 0.29) is 40.1 Å². The SMILES string of the molecule is O=[N+]([O-])c1ccc(S(=O)O)cc1.[Na]. The maximum Gasteiger partial charge on any atom is 0.269 e. The van der Waals surface area contributed by atoms with Crippen molar-refractivity contribution >= 4 is 46.3 Å². The zero-order valence-electron chi connectivity index (χ0n) is 6.84. The summed E-state index contributed by atoms with van der Waals surface area (Å²) < 4.78 is 19.0. The van der Waals surface area contributed by atoms with Gasteiger partial charge in [-0.3, -0.25) is 10.1 Å². The molecule has 1 N–H and O–H groups in total. The van der Waals surface area contributed by atoms with Gasteiger partial charge in [-0.25, -0.2) is 4.21 Å². The Labute approximate surface area is 98.9 Å². The molecule has 5 nitrogen and oxygen atoms in total. The summed E-state index contributed by atoms with van der Waals surface area (Å²) in [6.45, 7) is 0. The van der Waals surface area contributed by atoms with E-state index in [1.54, 1.807) is 0 Å². The van der Waals surface area contributed by atoms with Crippen LogP contribution in [-0.2, 0) is 11.1 Å². The fourth-order valence-corrected chi connectivity index (χ4v) is 1.05. The first-order valence-corrected chi connectivity index (χ1v) is 4.07. The summed E-state index contributed by atoms with van der Waals surface area (Å²) in [7, 11) is 0. The van der Waals surface area contributed by atoms with Crippen LogP contribution in [-0.4, -0.2) is 43.2 Å². The maximum absolute atomic E-state index is 10.4. The van der Waals surface area contributed by atoms with Gasteiger partial charge >= 0.3 is 0 Å². The van der Waals surface area contributed by atoms with Gasteiger partial charge in [0.05, 0.1) is 9.82 Å². The Morgan fingerprint density at radius 1 is 1.31 bits per heavy atom. The van der Waals surface area contributed by atoms with E-state index in [9.17, 15) is 14.3 Å². The molecule has 1 radical (unpaired) electrons. The monoisotopic (exact) mass is 210 g/mol. The first-order valence-electron chi connectivity index (χ1n) is 2.96. The van der Waals surface area contributed by atoms with Crippen molar-refractivity contribution in [3.8, 4) is 0 Å². The van der Waals surface area contributed by atoms with Crippen LogP contribution in [0.25, 0.3) is 0 Å². The second-order valence-corrected chi connectivity index (χ2v) is 2.97. The number of rotatable bonds is 2. The molecule has 0 aromatic heterocycles. The number of nitro benzene ring substituents is 1. The molecule has 0 aliphatic carbocycles. The van der Waals surface area contributed by atoms with Crippen molar-refractivity contribution < 1.29 is 13.7 Å². The minimum atomic E-state index is -2.07. The molecule has 1 rings (SSSR count). The van der Waals surface area contributed by atoms with Crippen LogP contribution in [0.4, 0.5) is 5.69 Å². The van der Waals surface area contributed by atoms with Gasteiger partial charge in [-0.2, -0.15) is 0 Å². The second kappa shape index (κ2) is 5.46. The molecule has 1 atom stereocenters. The fourth-order valence-electron chi connectivity index (χ4n) is 0.684. The topological polar surface area (TPSA) is 80.4 Å². The van der Waals surface area contributed by atoms with Gasteiger partial charge in [0.2, 0.25) is 0 Å². The summed E-state index contributed by atoms with van der Waals surface area (Å²) in [5.74, 6) is 0. The van der Waals surface area contributed by atoms with Gasteiger partial charge in [0.1, 0.15) is 0 Å². The standard InChI is InChI=1S/C6H5NO4S.Na/c8-7(9)5-1-3-6(4-2-5)12(10)11;/h1-4H,(H,10,11);. The summed E-state index contributed by atoms with van der Waals surface area (Å²) in [5.41, 5.74) is -0.0933. The number of hydrogen-bond donors (Lipinski definition) is 1. The third kappa shape index (κ3) is 3.53. The molecule has 0 amide bonds. The van der Waals surface area contributed by atoms with Crippen molar-refractivity contribution in [1.82, 2.24) is 0 Å². The number of hydrogen-bond acceptors (Lipinski definition) is 3. The second-order valence-electron chi connectivity index (χ2n) is 2.00. The molecule has 1 aromatic carbocycles. The van der Waals surface area contributed by atoms with E-state index >= 15 is 0 Å². The van der Waals surface area contributed by atoms with Gasteiger partial charge in [-0.15, -0.1) is 0 Å². The van der Waals surface area contributed by atoms with Gasteiger partial charge in [0, 0.05) is 41.7 Å². The smallest absolute Gasteiger partial charge is 0.269 e. The average Bonchev–Trinajstić information content (AvgIpc) is 2.04. The molecule has 13 heavy (non-hydrogen) atoms. The van der Waals surface area contributed by atoms with Crippen molar-refractivity contribution in [2.45, 2.75) is 4.90 Å². The normalized spacial score (nSPS) is 11.5. The van der Waals surface area contributed by atoms with E-state index in [2.05, 4.69) is 0 Å². The van der Waals surface area contributed by atoms with Crippen molar-refractivity contribution in [3.63, 3.8) is 0 Å². The summed E-state index contributed by atoms with van der Waals surface area (Å²) in [5, 5.41) is 10.1. The van der Waals surface area contributed by atoms with E-state index < -0.39 is 16.0 Å². The van der Waals surface area contributed by atoms with Crippen molar-refractivity contribution in [1.29, 1.82) is 0 Å². The zero-order chi connectivity index (χ0) is 9.14.